The van der Waals surface area contributed by atoms with Crippen LogP contribution in [0.4, 0.5) is 10.1 Å². The molecule has 30 heavy (non-hydrogen) atoms. The molecule has 2 aromatic rings. The van der Waals surface area contributed by atoms with Crippen molar-refractivity contribution in [3.05, 3.63) is 64.2 Å². The van der Waals surface area contributed by atoms with Gasteiger partial charge in [-0.25, -0.2) is 9.18 Å². The van der Waals surface area contributed by atoms with Crippen LogP contribution in [0.1, 0.15) is 29.2 Å². The summed E-state index contributed by atoms with van der Waals surface area (Å²) in [6.07, 6.45) is 11.8. The third-order valence-corrected chi connectivity index (χ3v) is 6.51. The topological polar surface area (TPSA) is 74.6 Å². The maximum Gasteiger partial charge on any atom is 0.341 e. The molecule has 2 fully saturated rings. The molecule has 0 radical (unpaired) electrons. The molecular formula is C23H24FN3O3. The maximum atomic E-state index is 15.0. The van der Waals surface area contributed by atoms with Gasteiger partial charge in [0, 0.05) is 43.8 Å². The molecule has 1 saturated heterocycles. The molecule has 7 heteroatoms. The minimum absolute atomic E-state index is 0.105. The van der Waals surface area contributed by atoms with Crippen molar-refractivity contribution in [2.45, 2.75) is 18.9 Å². The number of nitrogens with zero attached hydrogens (tertiary/aromatic N) is 2. The first-order valence-corrected chi connectivity index (χ1v) is 10.5. The summed E-state index contributed by atoms with van der Waals surface area (Å²) in [6, 6.07) is 3.06. The van der Waals surface area contributed by atoms with E-state index in [-0.39, 0.29) is 17.0 Å². The van der Waals surface area contributed by atoms with Gasteiger partial charge in [-0.2, -0.15) is 0 Å². The fourth-order valence-corrected chi connectivity index (χ4v) is 4.83. The molecule has 2 aliphatic carbocycles. The highest BCUT2D eigenvalue weighted by molar-refractivity contribution is 5.93. The van der Waals surface area contributed by atoms with E-state index in [2.05, 4.69) is 17.5 Å². The van der Waals surface area contributed by atoms with Crippen LogP contribution in [-0.2, 0) is 0 Å². The molecule has 6 nitrogen and oxygen atoms in total. The average molecular weight is 409 g/mol. The minimum Gasteiger partial charge on any atom is -0.477 e. The highest BCUT2D eigenvalue weighted by atomic mass is 19.1. The van der Waals surface area contributed by atoms with Crippen LogP contribution in [0, 0.1) is 17.7 Å². The van der Waals surface area contributed by atoms with Crippen molar-refractivity contribution in [2.24, 2.45) is 11.8 Å². The molecule has 1 aromatic heterocycles. The van der Waals surface area contributed by atoms with Gasteiger partial charge in [-0.15, -0.1) is 0 Å². The fourth-order valence-electron chi connectivity index (χ4n) is 4.83. The Bertz CT molecular complexity index is 1130. The number of carbonyl (C=O) groups is 1. The average Bonchev–Trinajstić information content (AvgIpc) is 3.56. The third kappa shape index (κ3) is 3.23. The summed E-state index contributed by atoms with van der Waals surface area (Å²) in [4.78, 5) is 26.5. The SMILES string of the molecule is O=C(O)c1cn([C@H]2C[C@@H]2C2C=CC=CC2)c2cc(N3CCNCC3)c(F)cc2c1=O. The number of nitrogens with one attached hydrogen (secondary N) is 1. The monoisotopic (exact) mass is 409 g/mol. The Morgan fingerprint density at radius 1 is 1.20 bits per heavy atom. The number of rotatable bonds is 4. The number of aromatic nitrogens is 1. The van der Waals surface area contributed by atoms with Gasteiger partial charge >= 0.3 is 5.97 Å². The zero-order chi connectivity index (χ0) is 20.8. The van der Waals surface area contributed by atoms with Crippen molar-refractivity contribution < 1.29 is 14.3 Å². The number of pyridine rings is 1. The lowest BCUT2D eigenvalue weighted by Crippen LogP contribution is -2.43. The second-order valence-electron chi connectivity index (χ2n) is 8.32. The first-order chi connectivity index (χ1) is 14.5. The number of carboxylic acid groups (broad SMARTS) is 1. The predicted molar refractivity (Wildman–Crippen MR) is 114 cm³/mol. The second-order valence-corrected chi connectivity index (χ2v) is 8.32. The number of carboxylic acids is 1. The van der Waals surface area contributed by atoms with Crippen LogP contribution >= 0.6 is 0 Å². The molecule has 1 aliphatic heterocycles. The molecule has 3 atom stereocenters. The molecule has 1 aromatic carbocycles. The molecule has 5 rings (SSSR count). The number of benzene rings is 1. The number of halogens is 1. The summed E-state index contributed by atoms with van der Waals surface area (Å²) in [6.45, 7) is 2.92. The van der Waals surface area contributed by atoms with Gasteiger partial charge in [0.2, 0.25) is 5.43 Å². The van der Waals surface area contributed by atoms with Crippen molar-refractivity contribution in [1.82, 2.24) is 9.88 Å². The van der Waals surface area contributed by atoms with Gasteiger partial charge in [-0.05, 0) is 36.8 Å². The Morgan fingerprint density at radius 2 is 2.00 bits per heavy atom. The number of allylic oxidation sites excluding steroid dienone is 4. The van der Waals surface area contributed by atoms with E-state index in [4.69, 9.17) is 0 Å². The maximum absolute atomic E-state index is 15.0. The molecule has 2 heterocycles. The molecule has 0 bridgehead atoms. The van der Waals surface area contributed by atoms with Gasteiger partial charge < -0.3 is 19.9 Å². The molecule has 0 amide bonds. The van der Waals surface area contributed by atoms with Crippen LogP contribution in [-0.4, -0.2) is 41.8 Å². The molecule has 156 valence electrons. The normalized spacial score (nSPS) is 25.6. The van der Waals surface area contributed by atoms with Crippen LogP contribution in [0.25, 0.3) is 10.9 Å². The first-order valence-electron chi connectivity index (χ1n) is 10.5. The third-order valence-electron chi connectivity index (χ3n) is 6.51. The summed E-state index contributed by atoms with van der Waals surface area (Å²) in [5.74, 6) is -0.981. The summed E-state index contributed by atoms with van der Waals surface area (Å²) in [7, 11) is 0. The lowest BCUT2D eigenvalue weighted by atomic mass is 9.95. The zero-order valence-electron chi connectivity index (χ0n) is 16.6. The first kappa shape index (κ1) is 19.1. The van der Waals surface area contributed by atoms with Crippen LogP contribution in [0.3, 0.4) is 0 Å². The van der Waals surface area contributed by atoms with E-state index < -0.39 is 17.2 Å². The zero-order valence-corrected chi connectivity index (χ0v) is 16.6. The van der Waals surface area contributed by atoms with Gasteiger partial charge in [0.05, 0.1) is 11.2 Å². The van der Waals surface area contributed by atoms with E-state index in [1.54, 1.807) is 6.07 Å². The van der Waals surface area contributed by atoms with E-state index >= 15 is 0 Å². The molecule has 1 saturated carbocycles. The van der Waals surface area contributed by atoms with Crippen molar-refractivity contribution in [3.63, 3.8) is 0 Å². The minimum atomic E-state index is -1.28. The van der Waals surface area contributed by atoms with Gasteiger partial charge in [0.15, 0.2) is 0 Å². The Kier molecular flexibility index (Phi) is 4.70. The highest BCUT2D eigenvalue weighted by Gasteiger charge is 2.43. The summed E-state index contributed by atoms with van der Waals surface area (Å²) >= 11 is 0. The van der Waals surface area contributed by atoms with E-state index in [9.17, 15) is 19.1 Å². The number of aromatic carboxylic acids is 1. The fraction of sp³-hybridized carbons (Fsp3) is 0.391. The van der Waals surface area contributed by atoms with Crippen LogP contribution in [0.5, 0.6) is 0 Å². The van der Waals surface area contributed by atoms with Crippen molar-refractivity contribution in [2.75, 3.05) is 31.1 Å². The Morgan fingerprint density at radius 3 is 2.70 bits per heavy atom. The lowest BCUT2D eigenvalue weighted by Gasteiger charge is -2.30. The highest BCUT2D eigenvalue weighted by Crippen LogP contribution is 2.51. The number of anilines is 1. The Hall–Kier alpha value is -2.93. The van der Waals surface area contributed by atoms with Gasteiger partial charge in [-0.1, -0.05) is 24.3 Å². The van der Waals surface area contributed by atoms with Crippen molar-refractivity contribution >= 4 is 22.6 Å². The van der Waals surface area contributed by atoms with Gasteiger partial charge in [-0.3, -0.25) is 4.79 Å². The lowest BCUT2D eigenvalue weighted by molar-refractivity contribution is 0.0695. The predicted octanol–water partition coefficient (Wildman–Crippen LogP) is 2.94. The van der Waals surface area contributed by atoms with Gasteiger partial charge in [0.25, 0.3) is 0 Å². The van der Waals surface area contributed by atoms with E-state index in [1.807, 2.05) is 21.6 Å². The molecule has 0 spiro atoms. The Balaban J connectivity index is 1.63. The summed E-state index contributed by atoms with van der Waals surface area (Å²) in [5.41, 5.74) is 0.152. The van der Waals surface area contributed by atoms with Crippen LogP contribution in [0.2, 0.25) is 0 Å². The van der Waals surface area contributed by atoms with Gasteiger partial charge in [0.1, 0.15) is 11.4 Å². The number of hydrogen-bond donors (Lipinski definition) is 2. The summed E-state index contributed by atoms with van der Waals surface area (Å²) < 4.78 is 16.9. The van der Waals surface area contributed by atoms with E-state index in [1.165, 1.54) is 12.3 Å². The second kappa shape index (κ2) is 7.40. The number of piperazine rings is 1. The van der Waals surface area contributed by atoms with E-state index in [0.717, 1.165) is 25.9 Å². The molecule has 3 aliphatic rings. The van der Waals surface area contributed by atoms with Crippen molar-refractivity contribution in [3.8, 4) is 0 Å². The number of hydrogen-bond acceptors (Lipinski definition) is 4. The smallest absolute Gasteiger partial charge is 0.341 e. The van der Waals surface area contributed by atoms with E-state index in [0.29, 0.717) is 36.1 Å². The molecule has 1 unspecified atom stereocenters. The van der Waals surface area contributed by atoms with Crippen molar-refractivity contribution in [1.29, 1.82) is 0 Å². The van der Waals surface area contributed by atoms with Crippen LogP contribution < -0.4 is 15.6 Å². The largest absolute Gasteiger partial charge is 0.477 e. The quantitative estimate of drug-likeness (QED) is 0.812. The summed E-state index contributed by atoms with van der Waals surface area (Å²) in [5, 5.41) is 12.9. The number of fused-ring (bicyclic) bond motifs is 1. The van der Waals surface area contributed by atoms with Crippen LogP contribution in [0.15, 0.2) is 47.4 Å². The molecular weight excluding hydrogens is 385 g/mol. The Labute approximate surface area is 173 Å². The standard InChI is InChI=1S/C23H24FN3O3/c24-18-10-16-20(12-21(18)26-8-6-25-7-9-26)27(13-17(22(16)28)23(29)30)19-11-15(19)14-4-2-1-3-5-14/h1-4,10,12-15,19,25H,5-9,11H2,(H,29,30)/t14?,15-,19+/m1/s1. The molecule has 2 N–H and O–H groups in total.